The zero-order chi connectivity index (χ0) is 3.41. The van der Waals surface area contributed by atoms with Crippen molar-refractivity contribution in [1.29, 1.82) is 5.26 Å². The Labute approximate surface area is 24.8 Å². The third-order valence-corrected chi connectivity index (χ3v) is 0.0577. The van der Waals surface area contributed by atoms with Gasteiger partial charge in [0.15, 0.2) is 0 Å². The van der Waals surface area contributed by atoms with Crippen molar-refractivity contribution in [2.75, 3.05) is 0 Å². The molecule has 0 bridgehead atoms. The van der Waals surface area contributed by atoms with E-state index in [0.717, 1.165) is 0 Å². The minimum absolute atomic E-state index is 0.431. The molecule has 0 N–H and O–H groups in total. The lowest BCUT2D eigenvalue weighted by molar-refractivity contribution is 1.35. The summed E-state index contributed by atoms with van der Waals surface area (Å²) in [5, 5.41) is 7.32. The van der Waals surface area contributed by atoms with Gasteiger partial charge in [0.2, 0.25) is 0 Å². The summed E-state index contributed by atoms with van der Waals surface area (Å²) in [6, 6.07) is 1.36. The molecule has 0 rings (SSSR count). The van der Waals surface area contributed by atoms with Crippen LogP contribution in [0.5, 0.6) is 0 Å². The smallest absolute Gasteiger partial charge is 0.140 e. The van der Waals surface area contributed by atoms with Gasteiger partial charge in [-0.2, -0.15) is 0 Å². The Morgan fingerprint density at radius 2 is 2.00 bits per heavy atom. The Kier molecular flexibility index (Phi) is 1.93. The maximum Gasteiger partial charge on any atom is 0.317 e. The molecule has 0 amide bonds. The van der Waals surface area contributed by atoms with E-state index < -0.39 is 0 Å². The SMILES string of the molecule is [N][CH+]C#N. The highest BCUT2D eigenvalue weighted by Crippen LogP contribution is 1.44. The predicted molar refractivity (Wildman–Crippen MR) is 12.0 cm³/mol. The van der Waals surface area contributed by atoms with Crippen molar-refractivity contribution in [2.45, 2.75) is 0 Å². The Morgan fingerprint density at radius 1 is 1.75 bits per heavy atom. The van der Waals surface area contributed by atoms with Crippen LogP contribution in [0.4, 0.5) is 0 Å². The van der Waals surface area contributed by atoms with E-state index in [1.165, 1.54) is 6.07 Å². The molecule has 0 aliphatic carbocycles. The lowest BCUT2D eigenvalue weighted by atomic mass is 10.8. The van der Waals surface area contributed by atoms with Crippen LogP contribution in [-0.2, 0) is 0 Å². The van der Waals surface area contributed by atoms with Crippen LogP contribution in [-0.4, -0.2) is 0 Å². The minimum Gasteiger partial charge on any atom is -0.140 e. The van der Waals surface area contributed by atoms with Crippen molar-refractivity contribution in [3.63, 3.8) is 0 Å². The molecule has 18 valence electrons. The summed E-state index contributed by atoms with van der Waals surface area (Å²) in [4.78, 5) is 0. The number of rotatable bonds is 0. The molecule has 0 aliphatic heterocycles. The number of hydrogen-bond donors (Lipinski definition) is 0. The van der Waals surface area contributed by atoms with Crippen LogP contribution in [0.15, 0.2) is 0 Å². The summed E-state index contributed by atoms with van der Waals surface area (Å²) in [6.45, 7) is 0.431. The first-order valence-electron chi connectivity index (χ1n) is 0.770. The molecule has 2 radical (unpaired) electrons. The van der Waals surface area contributed by atoms with Gasteiger partial charge in [0.05, 0.1) is 0 Å². The highest BCUT2D eigenvalue weighted by atomic mass is 14.5. The quantitative estimate of drug-likeness (QED) is 0.351. The maximum absolute atomic E-state index is 7.39. The molecule has 0 saturated heterocycles. The predicted octanol–water partition coefficient (Wildman–Crippen LogP) is -0.260. The van der Waals surface area contributed by atoms with Gasteiger partial charge in [-0.15, -0.1) is 5.26 Å². The molecule has 4 heavy (non-hydrogen) atoms. The van der Waals surface area contributed by atoms with Gasteiger partial charge in [0.1, 0.15) is 5.73 Å². The largest absolute Gasteiger partial charge is 0.317 e. The average Bonchev–Trinajstić information content (AvgIpc) is 1.37. The molecule has 2 nitrogen and oxygen atoms in total. The second kappa shape index (κ2) is 2.32. The molecule has 0 unspecified atom stereocenters. The molecule has 0 heterocycles. The Balaban J connectivity index is 2.43. The van der Waals surface area contributed by atoms with E-state index >= 15 is 0 Å². The topological polar surface area (TPSA) is 46.1 Å². The summed E-state index contributed by atoms with van der Waals surface area (Å²) in [5.74, 6) is 0. The lowest BCUT2D eigenvalue weighted by Crippen LogP contribution is -1.57. The van der Waals surface area contributed by atoms with Gasteiger partial charge < -0.3 is 0 Å². The molecular formula is C2HN2+. The third-order valence-electron chi connectivity index (χ3n) is 0.0577. The Bertz CT molecular complexity index is 33.8. The van der Waals surface area contributed by atoms with Crippen LogP contribution >= 0.6 is 0 Å². The standard InChI is InChI=1S/C2HN2/c3-1-2-4/h1H/q+1. The fourth-order valence-electron chi connectivity index (χ4n) is 0. The fraction of sp³-hybridized carbons (Fsp3) is 0. The van der Waals surface area contributed by atoms with Crippen LogP contribution in [0.25, 0.3) is 0 Å². The van der Waals surface area contributed by atoms with Crippen LogP contribution in [0, 0.1) is 17.9 Å². The summed E-state index contributed by atoms with van der Waals surface area (Å²) >= 11 is 0. The van der Waals surface area contributed by atoms with E-state index in [4.69, 9.17) is 11.0 Å². The monoisotopic (exact) mass is 53.0 g/mol. The van der Waals surface area contributed by atoms with Crippen molar-refractivity contribution in [3.8, 4) is 6.07 Å². The van der Waals surface area contributed by atoms with E-state index in [1.54, 1.807) is 0 Å². The van der Waals surface area contributed by atoms with Gasteiger partial charge >= 0.3 is 12.6 Å². The van der Waals surface area contributed by atoms with E-state index in [0.29, 0.717) is 6.54 Å². The summed E-state index contributed by atoms with van der Waals surface area (Å²) in [6.07, 6.45) is 0. The Hall–Kier alpha value is -0.680. The van der Waals surface area contributed by atoms with Gasteiger partial charge in [-0.05, 0) is 0 Å². The van der Waals surface area contributed by atoms with Gasteiger partial charge in [-0.3, -0.25) is 0 Å². The van der Waals surface area contributed by atoms with Crippen molar-refractivity contribution in [2.24, 2.45) is 0 Å². The molecule has 0 spiro atoms. The molecule has 0 saturated carbocycles. The van der Waals surface area contributed by atoms with Crippen LogP contribution in [0.2, 0.25) is 0 Å². The molecule has 0 aliphatic rings. The number of nitriles is 1. The van der Waals surface area contributed by atoms with Crippen LogP contribution in [0.1, 0.15) is 0 Å². The average molecular weight is 53.0 g/mol. The first-order chi connectivity index (χ1) is 1.91. The first-order valence-corrected chi connectivity index (χ1v) is 0.770. The molecule has 0 atom stereocenters. The van der Waals surface area contributed by atoms with Crippen molar-refractivity contribution in [3.05, 3.63) is 6.54 Å². The normalized spacial score (nSPS) is 4.00. The van der Waals surface area contributed by atoms with Gasteiger partial charge in [-0.25, -0.2) is 0 Å². The summed E-state index contributed by atoms with van der Waals surface area (Å²) < 4.78 is 0. The minimum atomic E-state index is 0.431. The summed E-state index contributed by atoms with van der Waals surface area (Å²) in [5.41, 5.74) is 7.39. The van der Waals surface area contributed by atoms with Crippen molar-refractivity contribution >= 4 is 0 Å². The molecular weight excluding hydrogens is 52.0 g/mol. The number of hydrogen-bond acceptors (Lipinski definition) is 1. The Morgan fingerprint density at radius 3 is 2.00 bits per heavy atom. The second-order valence-electron chi connectivity index (χ2n) is 0.258. The van der Waals surface area contributed by atoms with Crippen molar-refractivity contribution in [1.82, 2.24) is 5.73 Å². The molecule has 0 fully saturated rings. The number of nitrogens with zero attached hydrogens (tertiary/aromatic N) is 2. The van der Waals surface area contributed by atoms with E-state index in [1.807, 2.05) is 0 Å². The highest BCUT2D eigenvalue weighted by molar-refractivity contribution is 4.82. The fourth-order valence-corrected chi connectivity index (χ4v) is 0. The van der Waals surface area contributed by atoms with Gasteiger partial charge in [0.25, 0.3) is 0 Å². The lowest BCUT2D eigenvalue weighted by Gasteiger charge is -1.23. The summed E-state index contributed by atoms with van der Waals surface area (Å²) in [7, 11) is 0. The molecule has 2 heteroatoms. The van der Waals surface area contributed by atoms with Crippen molar-refractivity contribution < 1.29 is 0 Å². The van der Waals surface area contributed by atoms with Crippen LogP contribution < -0.4 is 5.73 Å². The van der Waals surface area contributed by atoms with E-state index in [-0.39, 0.29) is 0 Å². The van der Waals surface area contributed by atoms with E-state index in [2.05, 4.69) is 0 Å². The molecule has 0 aromatic carbocycles. The van der Waals surface area contributed by atoms with Crippen LogP contribution in [0.3, 0.4) is 0 Å². The highest BCUT2D eigenvalue weighted by Gasteiger charge is 1.74. The first kappa shape index (κ1) is 3.32. The van der Waals surface area contributed by atoms with E-state index in [9.17, 15) is 0 Å². The molecule has 0 aromatic heterocycles. The van der Waals surface area contributed by atoms with Gasteiger partial charge in [0, 0.05) is 0 Å². The zero-order valence-corrected chi connectivity index (χ0v) is 1.97. The maximum atomic E-state index is 7.39. The van der Waals surface area contributed by atoms with Gasteiger partial charge in [-0.1, -0.05) is 0 Å². The zero-order valence-electron chi connectivity index (χ0n) is 1.97. The molecule has 0 aromatic rings. The third kappa shape index (κ3) is 1.32. The second-order valence-corrected chi connectivity index (χ2v) is 0.258.